The van der Waals surface area contributed by atoms with Crippen LogP contribution in [0.1, 0.15) is 5.56 Å². The highest BCUT2D eigenvalue weighted by Gasteiger charge is 2.24. The predicted molar refractivity (Wildman–Crippen MR) is 100 cm³/mol. The average molecular weight is 393 g/mol. The van der Waals surface area contributed by atoms with E-state index in [1.807, 2.05) is 29.6 Å². The maximum absolute atomic E-state index is 12.5. The zero-order valence-electron chi connectivity index (χ0n) is 14.3. The van der Waals surface area contributed by atoms with E-state index in [1.54, 1.807) is 4.90 Å². The third-order valence-electron chi connectivity index (χ3n) is 4.76. The fourth-order valence-electron chi connectivity index (χ4n) is 3.30. The van der Waals surface area contributed by atoms with Crippen LogP contribution in [0.15, 0.2) is 46.6 Å². The van der Waals surface area contributed by atoms with E-state index in [0.29, 0.717) is 6.67 Å². The molecule has 136 valence electrons. The number of aromatic nitrogens is 4. The number of piperazine rings is 1. The first-order valence-corrected chi connectivity index (χ1v) is 9.93. The van der Waals surface area contributed by atoms with Gasteiger partial charge in [0.1, 0.15) is 37.7 Å². The number of benzene rings is 1. The smallest absolute Gasteiger partial charge is 0.322 e. The highest BCUT2D eigenvalue weighted by molar-refractivity contribution is 7.12. The summed E-state index contributed by atoms with van der Waals surface area (Å²) in [6.45, 7) is 5.76. The van der Waals surface area contributed by atoms with Crippen molar-refractivity contribution in [3.8, 4) is 5.00 Å². The van der Waals surface area contributed by atoms with Crippen LogP contribution >= 0.6 is 22.9 Å². The Kier molecular flexibility index (Phi) is 5.16. The zero-order valence-corrected chi connectivity index (χ0v) is 15.8. The second-order valence-corrected chi connectivity index (χ2v) is 7.95. The maximum Gasteiger partial charge on any atom is 0.374 e. The van der Waals surface area contributed by atoms with Crippen molar-refractivity contribution in [2.75, 3.05) is 26.2 Å². The summed E-state index contributed by atoms with van der Waals surface area (Å²) in [4.78, 5) is 15.4. The minimum atomic E-state index is -0.170. The molecule has 0 atom stereocenters. The summed E-state index contributed by atoms with van der Waals surface area (Å²) in [5.74, 6) is 0. The Morgan fingerprint density at radius 2 is 1.77 bits per heavy atom. The van der Waals surface area contributed by atoms with Crippen molar-refractivity contribution in [3.05, 3.63) is 62.8 Å². The van der Waals surface area contributed by atoms with Gasteiger partial charge in [-0.3, -0.25) is 0 Å². The second kappa shape index (κ2) is 7.71. The van der Waals surface area contributed by atoms with E-state index in [-0.39, 0.29) is 5.69 Å². The average Bonchev–Trinajstić information content (AvgIpc) is 3.29. The molecule has 3 aromatic rings. The van der Waals surface area contributed by atoms with Crippen molar-refractivity contribution < 1.29 is 9.80 Å². The van der Waals surface area contributed by atoms with E-state index in [0.717, 1.165) is 42.7 Å². The van der Waals surface area contributed by atoms with Crippen LogP contribution < -0.4 is 15.5 Å². The van der Waals surface area contributed by atoms with Gasteiger partial charge in [-0.05, 0) is 40.1 Å². The fraction of sp³-hybridized carbons (Fsp3) is 0.353. The Bertz CT molecular complexity index is 896. The lowest BCUT2D eigenvalue weighted by Gasteiger charge is -2.29. The standard InChI is InChI=1S/C17H19ClN6OS/c18-15-5-3-14(4-6-15)12-21-7-9-22(10-8-21)13-23-17(25)24(20-19-23)16-2-1-11-26-16/h1-6,11H,7-10,12-13H2/p+2. The normalized spacial score (nSPS) is 20.3. The number of hydrogen-bond acceptors (Lipinski definition) is 4. The molecule has 0 radical (unpaired) electrons. The topological polar surface area (TPSA) is 61.6 Å². The van der Waals surface area contributed by atoms with Crippen LogP contribution in [0.4, 0.5) is 0 Å². The zero-order chi connectivity index (χ0) is 17.9. The SMILES string of the molecule is O=c1n(C[NH+]2CC[NH+](Cc3ccc(Cl)cc3)CC2)nnn1-c1cccs1. The third kappa shape index (κ3) is 3.88. The van der Waals surface area contributed by atoms with E-state index in [9.17, 15) is 4.79 Å². The number of thiophene rings is 1. The molecule has 0 aliphatic carbocycles. The lowest BCUT2D eigenvalue weighted by molar-refractivity contribution is -1.03. The lowest BCUT2D eigenvalue weighted by atomic mass is 10.2. The minimum absolute atomic E-state index is 0.170. The first-order chi connectivity index (χ1) is 12.7. The summed E-state index contributed by atoms with van der Waals surface area (Å²) in [5.41, 5.74) is 1.14. The molecule has 2 aromatic heterocycles. The molecule has 1 aromatic carbocycles. The molecule has 0 amide bonds. The van der Waals surface area contributed by atoms with E-state index < -0.39 is 0 Å². The van der Waals surface area contributed by atoms with Gasteiger partial charge in [-0.15, -0.1) is 20.7 Å². The molecular formula is C17H21ClN6OS+2. The van der Waals surface area contributed by atoms with Gasteiger partial charge in [-0.1, -0.05) is 23.7 Å². The van der Waals surface area contributed by atoms with Crippen LogP contribution in [0, 0.1) is 0 Å². The molecular weight excluding hydrogens is 372 g/mol. The number of tetrazole rings is 1. The fourth-order valence-corrected chi connectivity index (χ4v) is 4.09. The summed E-state index contributed by atoms with van der Waals surface area (Å²) in [6.07, 6.45) is 0. The maximum atomic E-state index is 12.5. The molecule has 3 heterocycles. The van der Waals surface area contributed by atoms with Crippen molar-refractivity contribution in [1.82, 2.24) is 19.8 Å². The molecule has 1 fully saturated rings. The van der Waals surface area contributed by atoms with Crippen molar-refractivity contribution >= 4 is 22.9 Å². The monoisotopic (exact) mass is 392 g/mol. The van der Waals surface area contributed by atoms with Crippen molar-refractivity contribution in [2.24, 2.45) is 0 Å². The molecule has 1 saturated heterocycles. The van der Waals surface area contributed by atoms with E-state index in [1.165, 1.54) is 31.2 Å². The molecule has 1 aliphatic heterocycles. The summed E-state index contributed by atoms with van der Waals surface area (Å²) >= 11 is 7.43. The number of hydrogen-bond donors (Lipinski definition) is 2. The van der Waals surface area contributed by atoms with Gasteiger partial charge in [0, 0.05) is 10.6 Å². The third-order valence-corrected chi connectivity index (χ3v) is 5.85. The van der Waals surface area contributed by atoms with Crippen LogP contribution in [0.2, 0.25) is 5.02 Å². The quantitative estimate of drug-likeness (QED) is 0.590. The second-order valence-electron chi connectivity index (χ2n) is 6.59. The van der Waals surface area contributed by atoms with Crippen molar-refractivity contribution in [1.29, 1.82) is 0 Å². The first-order valence-electron chi connectivity index (χ1n) is 8.67. The van der Waals surface area contributed by atoms with Crippen LogP contribution in [-0.4, -0.2) is 46.0 Å². The number of rotatable bonds is 5. The number of nitrogens with zero attached hydrogens (tertiary/aromatic N) is 4. The highest BCUT2D eigenvalue weighted by atomic mass is 35.5. The Morgan fingerprint density at radius 3 is 2.46 bits per heavy atom. The van der Waals surface area contributed by atoms with Gasteiger partial charge in [0.15, 0.2) is 6.67 Å². The van der Waals surface area contributed by atoms with Gasteiger partial charge >= 0.3 is 5.69 Å². The van der Waals surface area contributed by atoms with Crippen molar-refractivity contribution in [3.63, 3.8) is 0 Å². The molecule has 0 spiro atoms. The van der Waals surface area contributed by atoms with Gasteiger partial charge in [0.2, 0.25) is 0 Å². The van der Waals surface area contributed by atoms with E-state index in [4.69, 9.17) is 11.6 Å². The number of quaternary nitrogens is 2. The van der Waals surface area contributed by atoms with Gasteiger partial charge in [-0.25, -0.2) is 4.79 Å². The molecule has 9 heteroatoms. The summed E-state index contributed by atoms with van der Waals surface area (Å²) in [7, 11) is 0. The Labute approximate surface area is 160 Å². The molecule has 4 rings (SSSR count). The van der Waals surface area contributed by atoms with Gasteiger partial charge in [0.25, 0.3) is 0 Å². The van der Waals surface area contributed by atoms with Crippen molar-refractivity contribution in [2.45, 2.75) is 13.2 Å². The van der Waals surface area contributed by atoms with Crippen LogP contribution in [0.3, 0.4) is 0 Å². The molecule has 0 unspecified atom stereocenters. The Hall–Kier alpha value is -2.00. The van der Waals surface area contributed by atoms with Crippen LogP contribution in [0.5, 0.6) is 0 Å². The Balaban J connectivity index is 1.33. The summed E-state index contributed by atoms with van der Waals surface area (Å²) < 4.78 is 2.84. The number of halogens is 1. The molecule has 2 N–H and O–H groups in total. The highest BCUT2D eigenvalue weighted by Crippen LogP contribution is 2.10. The molecule has 0 saturated carbocycles. The van der Waals surface area contributed by atoms with Crippen LogP contribution in [0.25, 0.3) is 5.00 Å². The molecule has 0 bridgehead atoms. The van der Waals surface area contributed by atoms with Gasteiger partial charge in [-0.2, -0.15) is 0 Å². The molecule has 26 heavy (non-hydrogen) atoms. The van der Waals surface area contributed by atoms with Gasteiger partial charge < -0.3 is 9.80 Å². The molecule has 7 nitrogen and oxygen atoms in total. The van der Waals surface area contributed by atoms with Gasteiger partial charge in [0.05, 0.1) is 0 Å². The number of nitrogens with one attached hydrogen (secondary N) is 2. The molecule has 1 aliphatic rings. The van der Waals surface area contributed by atoms with Crippen LogP contribution in [-0.2, 0) is 13.2 Å². The minimum Gasteiger partial charge on any atom is -0.322 e. The Morgan fingerprint density at radius 1 is 1.04 bits per heavy atom. The summed E-state index contributed by atoms with van der Waals surface area (Å²) in [6, 6.07) is 11.9. The summed E-state index contributed by atoms with van der Waals surface area (Å²) in [5, 5.41) is 11.5. The van der Waals surface area contributed by atoms with E-state index in [2.05, 4.69) is 22.6 Å². The van der Waals surface area contributed by atoms with E-state index >= 15 is 0 Å². The largest absolute Gasteiger partial charge is 0.374 e. The first kappa shape index (κ1) is 17.4. The lowest BCUT2D eigenvalue weighted by Crippen LogP contribution is -3.27. The predicted octanol–water partition coefficient (Wildman–Crippen LogP) is -0.915.